The molecule has 0 saturated heterocycles. The van der Waals surface area contributed by atoms with Crippen LogP contribution in [0.25, 0.3) is 0 Å². The van der Waals surface area contributed by atoms with Crippen molar-refractivity contribution in [2.75, 3.05) is 5.33 Å². The molecule has 0 fully saturated rings. The van der Waals surface area contributed by atoms with Gasteiger partial charge in [-0.15, -0.1) is 0 Å². The van der Waals surface area contributed by atoms with Crippen molar-refractivity contribution in [3.05, 3.63) is 35.6 Å². The molecule has 0 aliphatic rings. The molecule has 78 valence electrons. The third-order valence-corrected chi connectivity index (χ3v) is 3.25. The number of halogens is 2. The van der Waals surface area contributed by atoms with Crippen LogP contribution in [0.15, 0.2) is 24.3 Å². The van der Waals surface area contributed by atoms with Crippen LogP contribution in [0.5, 0.6) is 0 Å². The van der Waals surface area contributed by atoms with Crippen LogP contribution in [0, 0.1) is 11.7 Å². The molecule has 0 bridgehead atoms. The highest BCUT2D eigenvalue weighted by molar-refractivity contribution is 9.09. The van der Waals surface area contributed by atoms with Gasteiger partial charge in [0.25, 0.3) is 0 Å². The Morgan fingerprint density at radius 2 is 1.93 bits per heavy atom. The van der Waals surface area contributed by atoms with Crippen molar-refractivity contribution in [1.82, 2.24) is 0 Å². The Balaban J connectivity index is 2.60. The van der Waals surface area contributed by atoms with Crippen molar-refractivity contribution in [3.63, 3.8) is 0 Å². The van der Waals surface area contributed by atoms with E-state index in [2.05, 4.69) is 22.9 Å². The molecule has 14 heavy (non-hydrogen) atoms. The lowest BCUT2D eigenvalue weighted by Gasteiger charge is -2.14. The Bertz CT molecular complexity index is 273. The predicted octanol–water partition coefficient (Wildman–Crippen LogP) is 3.28. The van der Waals surface area contributed by atoms with Crippen molar-refractivity contribution in [3.8, 4) is 0 Å². The van der Waals surface area contributed by atoms with Crippen molar-refractivity contribution in [2.45, 2.75) is 19.4 Å². The summed E-state index contributed by atoms with van der Waals surface area (Å²) in [5, 5.41) is 10.6. The highest BCUT2D eigenvalue weighted by Crippen LogP contribution is 2.22. The summed E-state index contributed by atoms with van der Waals surface area (Å²) in [5.74, 6) is 0.143. The number of rotatable bonds is 4. The molecular formula is C11H14BrFO. The Morgan fingerprint density at radius 3 is 2.43 bits per heavy atom. The lowest BCUT2D eigenvalue weighted by Crippen LogP contribution is -2.05. The molecule has 0 aliphatic heterocycles. The number of hydrogen-bond acceptors (Lipinski definition) is 1. The van der Waals surface area contributed by atoms with Gasteiger partial charge >= 0.3 is 0 Å². The molecule has 1 nitrogen and oxygen atoms in total. The van der Waals surface area contributed by atoms with Gasteiger partial charge in [-0.05, 0) is 30.0 Å². The molecule has 3 heteroatoms. The summed E-state index contributed by atoms with van der Waals surface area (Å²) in [6, 6.07) is 6.00. The first-order valence-electron chi connectivity index (χ1n) is 4.63. The maximum atomic E-state index is 12.6. The second-order valence-corrected chi connectivity index (χ2v) is 4.21. The summed E-state index contributed by atoms with van der Waals surface area (Å²) in [5.41, 5.74) is 0.777. The zero-order valence-electron chi connectivity index (χ0n) is 8.08. The van der Waals surface area contributed by atoms with E-state index in [1.54, 1.807) is 12.1 Å². The minimum Gasteiger partial charge on any atom is -0.388 e. The van der Waals surface area contributed by atoms with Crippen molar-refractivity contribution >= 4 is 15.9 Å². The van der Waals surface area contributed by atoms with E-state index in [0.717, 1.165) is 10.9 Å². The molecule has 0 saturated carbocycles. The summed E-state index contributed by atoms with van der Waals surface area (Å²) < 4.78 is 12.6. The van der Waals surface area contributed by atoms with Crippen LogP contribution in [-0.2, 0) is 0 Å². The molecule has 1 rings (SSSR count). The van der Waals surface area contributed by atoms with Gasteiger partial charge < -0.3 is 5.11 Å². The standard InChI is InChI=1S/C11H14BrFO/c1-8(7-12)6-11(14)9-2-4-10(13)5-3-9/h2-5,8,11,14H,6-7H2,1H3/t8?,11-/m1/s1. The van der Waals surface area contributed by atoms with E-state index in [9.17, 15) is 9.50 Å². The number of benzene rings is 1. The zero-order chi connectivity index (χ0) is 10.6. The van der Waals surface area contributed by atoms with Gasteiger partial charge in [0.05, 0.1) is 6.10 Å². The van der Waals surface area contributed by atoms with Crippen LogP contribution in [0.1, 0.15) is 25.0 Å². The Hall–Kier alpha value is -0.410. The second-order valence-electron chi connectivity index (χ2n) is 3.56. The van der Waals surface area contributed by atoms with Crippen molar-refractivity contribution in [1.29, 1.82) is 0 Å². The fourth-order valence-corrected chi connectivity index (χ4v) is 1.53. The number of aliphatic hydroxyl groups excluding tert-OH is 1. The Labute approximate surface area is 92.1 Å². The number of hydrogen-bond donors (Lipinski definition) is 1. The highest BCUT2D eigenvalue weighted by Gasteiger charge is 2.11. The first-order valence-corrected chi connectivity index (χ1v) is 5.75. The number of alkyl halides is 1. The average molecular weight is 261 g/mol. The third kappa shape index (κ3) is 3.39. The van der Waals surface area contributed by atoms with Gasteiger partial charge in [0.15, 0.2) is 0 Å². The predicted molar refractivity (Wildman–Crippen MR) is 58.9 cm³/mol. The summed E-state index contributed by atoms with van der Waals surface area (Å²) in [6.07, 6.45) is 0.194. The van der Waals surface area contributed by atoms with Crippen molar-refractivity contribution < 1.29 is 9.50 Å². The minimum absolute atomic E-state index is 0.269. The lowest BCUT2D eigenvalue weighted by atomic mass is 10.00. The molecular weight excluding hydrogens is 247 g/mol. The van der Waals surface area contributed by atoms with Crippen LogP contribution in [-0.4, -0.2) is 10.4 Å². The largest absolute Gasteiger partial charge is 0.388 e. The first-order chi connectivity index (χ1) is 6.63. The van der Waals surface area contributed by atoms with E-state index >= 15 is 0 Å². The Morgan fingerprint density at radius 1 is 1.36 bits per heavy atom. The Kier molecular flexibility index (Phi) is 4.55. The van der Waals surface area contributed by atoms with E-state index < -0.39 is 6.10 Å². The van der Waals surface area contributed by atoms with Crippen LogP contribution < -0.4 is 0 Å². The molecule has 2 atom stereocenters. The minimum atomic E-state index is -0.497. The molecule has 0 aromatic heterocycles. The van der Waals surface area contributed by atoms with E-state index in [1.165, 1.54) is 12.1 Å². The topological polar surface area (TPSA) is 20.2 Å². The van der Waals surface area contributed by atoms with Gasteiger partial charge in [0.2, 0.25) is 0 Å². The third-order valence-electron chi connectivity index (χ3n) is 2.14. The van der Waals surface area contributed by atoms with Gasteiger partial charge in [0, 0.05) is 5.33 Å². The van der Waals surface area contributed by atoms with Gasteiger partial charge in [0.1, 0.15) is 5.82 Å². The molecule has 0 heterocycles. The summed E-state index contributed by atoms with van der Waals surface area (Å²) in [7, 11) is 0. The normalized spacial score (nSPS) is 15.1. The van der Waals surface area contributed by atoms with Crippen LogP contribution in [0.2, 0.25) is 0 Å². The van der Waals surface area contributed by atoms with E-state index in [-0.39, 0.29) is 5.82 Å². The van der Waals surface area contributed by atoms with E-state index in [0.29, 0.717) is 12.3 Å². The van der Waals surface area contributed by atoms with Gasteiger partial charge in [-0.25, -0.2) is 4.39 Å². The molecule has 1 aromatic carbocycles. The fourth-order valence-electron chi connectivity index (χ4n) is 1.27. The molecule has 0 amide bonds. The lowest BCUT2D eigenvalue weighted by molar-refractivity contribution is 0.152. The van der Waals surface area contributed by atoms with Crippen molar-refractivity contribution in [2.24, 2.45) is 5.92 Å². The van der Waals surface area contributed by atoms with Gasteiger partial charge in [-0.3, -0.25) is 0 Å². The van der Waals surface area contributed by atoms with Gasteiger partial charge in [-0.1, -0.05) is 35.0 Å². The quantitative estimate of drug-likeness (QED) is 0.824. The average Bonchev–Trinajstić information content (AvgIpc) is 2.18. The first kappa shape index (κ1) is 11.7. The molecule has 1 N–H and O–H groups in total. The SMILES string of the molecule is CC(CBr)C[C@@H](O)c1ccc(F)cc1. The summed E-state index contributed by atoms with van der Waals surface area (Å²) in [6.45, 7) is 2.06. The highest BCUT2D eigenvalue weighted by atomic mass is 79.9. The fraction of sp³-hybridized carbons (Fsp3) is 0.455. The molecule has 1 aromatic rings. The van der Waals surface area contributed by atoms with Gasteiger partial charge in [-0.2, -0.15) is 0 Å². The number of aliphatic hydroxyl groups is 1. The second kappa shape index (κ2) is 5.47. The molecule has 0 spiro atoms. The molecule has 1 unspecified atom stereocenters. The monoisotopic (exact) mass is 260 g/mol. The molecule has 0 aliphatic carbocycles. The molecule has 0 radical (unpaired) electrons. The summed E-state index contributed by atoms with van der Waals surface area (Å²) in [4.78, 5) is 0. The maximum Gasteiger partial charge on any atom is 0.123 e. The smallest absolute Gasteiger partial charge is 0.123 e. The van der Waals surface area contributed by atoms with Crippen LogP contribution in [0.4, 0.5) is 4.39 Å². The van der Waals surface area contributed by atoms with Crippen LogP contribution >= 0.6 is 15.9 Å². The van der Waals surface area contributed by atoms with Crippen LogP contribution in [0.3, 0.4) is 0 Å². The van der Waals surface area contributed by atoms with E-state index in [4.69, 9.17) is 0 Å². The zero-order valence-corrected chi connectivity index (χ0v) is 9.67. The maximum absolute atomic E-state index is 12.6. The summed E-state index contributed by atoms with van der Waals surface area (Å²) >= 11 is 3.36. The van der Waals surface area contributed by atoms with E-state index in [1.807, 2.05) is 0 Å².